The molecule has 0 aliphatic carbocycles. The van der Waals surface area contributed by atoms with Gasteiger partial charge in [0.05, 0.1) is 18.7 Å². The van der Waals surface area contributed by atoms with Crippen LogP contribution in [0.1, 0.15) is 17.2 Å². The molecule has 1 amide bonds. The highest BCUT2D eigenvalue weighted by Crippen LogP contribution is 2.40. The maximum atomic E-state index is 13.4. The zero-order valence-electron chi connectivity index (χ0n) is 21.3. The number of carbonyl (C=O) groups is 2. The molecule has 3 aromatic carbocycles. The van der Waals surface area contributed by atoms with Crippen LogP contribution in [0.5, 0.6) is 17.2 Å². The molecule has 1 atom stereocenters. The summed E-state index contributed by atoms with van der Waals surface area (Å²) >= 11 is 0. The van der Waals surface area contributed by atoms with E-state index < -0.39 is 17.7 Å². The second-order valence-corrected chi connectivity index (χ2v) is 9.30. The van der Waals surface area contributed by atoms with Crippen molar-refractivity contribution in [3.63, 3.8) is 0 Å². The third-order valence-electron chi connectivity index (χ3n) is 6.92. The highest BCUT2D eigenvalue weighted by atomic mass is 16.5. The lowest BCUT2D eigenvalue weighted by Gasteiger charge is -2.31. The average Bonchev–Trinajstić information content (AvgIpc) is 3.22. The van der Waals surface area contributed by atoms with Gasteiger partial charge in [-0.15, -0.1) is 0 Å². The van der Waals surface area contributed by atoms with E-state index in [-0.39, 0.29) is 11.3 Å². The molecule has 1 unspecified atom stereocenters. The first-order chi connectivity index (χ1) is 18.5. The smallest absolute Gasteiger partial charge is 0.295 e. The van der Waals surface area contributed by atoms with Crippen molar-refractivity contribution >= 4 is 17.4 Å². The number of aliphatic hydroxyl groups excluding tert-OH is 1. The summed E-state index contributed by atoms with van der Waals surface area (Å²) in [7, 11) is 1.56. The summed E-state index contributed by atoms with van der Waals surface area (Å²) in [6.45, 7) is 4.52. The first-order valence-corrected chi connectivity index (χ1v) is 12.7. The summed E-state index contributed by atoms with van der Waals surface area (Å²) < 4.78 is 11.3. The van der Waals surface area contributed by atoms with E-state index in [2.05, 4.69) is 10.2 Å². The number of likely N-dealkylation sites (tertiary alicyclic amines) is 1. The molecule has 8 heteroatoms. The van der Waals surface area contributed by atoms with Gasteiger partial charge < -0.3 is 24.8 Å². The molecule has 0 spiro atoms. The van der Waals surface area contributed by atoms with Crippen molar-refractivity contribution in [1.82, 2.24) is 15.1 Å². The molecule has 2 aliphatic rings. The summed E-state index contributed by atoms with van der Waals surface area (Å²) in [5, 5.41) is 14.7. The Hall–Kier alpha value is -4.14. The minimum Gasteiger partial charge on any atom is -0.507 e. The highest BCUT2D eigenvalue weighted by molar-refractivity contribution is 6.46. The van der Waals surface area contributed by atoms with Crippen molar-refractivity contribution in [3.8, 4) is 17.2 Å². The van der Waals surface area contributed by atoms with E-state index in [1.54, 1.807) is 36.3 Å². The summed E-state index contributed by atoms with van der Waals surface area (Å²) in [5.74, 6) is 0.351. The third kappa shape index (κ3) is 5.41. The van der Waals surface area contributed by atoms with Crippen molar-refractivity contribution in [1.29, 1.82) is 0 Å². The van der Waals surface area contributed by atoms with Crippen LogP contribution in [-0.2, 0) is 9.59 Å². The maximum Gasteiger partial charge on any atom is 0.295 e. The van der Waals surface area contributed by atoms with Gasteiger partial charge in [-0.05, 0) is 54.1 Å². The van der Waals surface area contributed by atoms with Crippen LogP contribution < -0.4 is 14.8 Å². The van der Waals surface area contributed by atoms with Crippen LogP contribution in [0.2, 0.25) is 0 Å². The Morgan fingerprint density at radius 1 is 0.895 bits per heavy atom. The number of piperazine rings is 1. The Labute approximate surface area is 222 Å². The van der Waals surface area contributed by atoms with Gasteiger partial charge in [-0.3, -0.25) is 14.5 Å². The lowest BCUT2D eigenvalue weighted by atomic mass is 9.95. The Bertz CT molecular complexity index is 1320. The van der Waals surface area contributed by atoms with Gasteiger partial charge in [0.15, 0.2) is 0 Å². The van der Waals surface area contributed by atoms with Crippen molar-refractivity contribution in [3.05, 3.63) is 95.6 Å². The van der Waals surface area contributed by atoms with E-state index in [1.165, 1.54) is 0 Å². The van der Waals surface area contributed by atoms with Gasteiger partial charge in [0.25, 0.3) is 11.7 Å². The van der Waals surface area contributed by atoms with Crippen LogP contribution in [0.15, 0.2) is 84.4 Å². The number of benzene rings is 3. The number of ether oxygens (including phenoxy) is 2. The fourth-order valence-electron chi connectivity index (χ4n) is 4.92. The van der Waals surface area contributed by atoms with E-state index in [0.29, 0.717) is 41.5 Å². The third-order valence-corrected chi connectivity index (χ3v) is 6.92. The molecule has 0 bridgehead atoms. The minimum atomic E-state index is -0.751. The van der Waals surface area contributed by atoms with Crippen LogP contribution in [0.4, 0.5) is 0 Å². The predicted molar refractivity (Wildman–Crippen MR) is 144 cm³/mol. The van der Waals surface area contributed by atoms with Gasteiger partial charge in [0.2, 0.25) is 0 Å². The summed E-state index contributed by atoms with van der Waals surface area (Å²) in [6.07, 6.45) is 0. The summed E-state index contributed by atoms with van der Waals surface area (Å²) in [4.78, 5) is 30.5. The van der Waals surface area contributed by atoms with Crippen molar-refractivity contribution in [2.75, 3.05) is 46.4 Å². The number of methoxy groups -OCH3 is 1. The van der Waals surface area contributed by atoms with E-state index in [1.807, 2.05) is 54.6 Å². The van der Waals surface area contributed by atoms with Crippen molar-refractivity contribution in [2.45, 2.75) is 6.04 Å². The molecule has 0 saturated carbocycles. The molecule has 2 heterocycles. The van der Waals surface area contributed by atoms with Crippen molar-refractivity contribution in [2.24, 2.45) is 0 Å². The first-order valence-electron chi connectivity index (χ1n) is 12.7. The topological polar surface area (TPSA) is 91.3 Å². The lowest BCUT2D eigenvalue weighted by Crippen LogP contribution is -2.46. The van der Waals surface area contributed by atoms with Crippen LogP contribution >= 0.6 is 0 Å². The number of amides is 1. The second-order valence-electron chi connectivity index (χ2n) is 9.30. The number of ketones is 1. The van der Waals surface area contributed by atoms with E-state index in [9.17, 15) is 14.7 Å². The number of para-hydroxylation sites is 1. The standard InChI is InChI=1S/C30H31N3O5/c1-37-23-12-10-21(11-13-23)28(34)26-27(22-6-5-9-25(20-22)38-24-7-3-2-4-8-24)33(30(36)29(26)35)19-18-32-16-14-31-15-17-32/h2-13,20,27,31,34H,14-19H2,1H3. The van der Waals surface area contributed by atoms with Crippen LogP contribution in [0, 0.1) is 0 Å². The van der Waals surface area contributed by atoms with Crippen LogP contribution in [0.25, 0.3) is 5.76 Å². The van der Waals surface area contributed by atoms with Crippen molar-refractivity contribution < 1.29 is 24.2 Å². The summed E-state index contributed by atoms with van der Waals surface area (Å²) in [5.41, 5.74) is 1.19. The number of nitrogens with zero attached hydrogens (tertiary/aromatic N) is 2. The van der Waals surface area contributed by atoms with E-state index in [4.69, 9.17) is 9.47 Å². The Kier molecular flexibility index (Phi) is 7.72. The highest BCUT2D eigenvalue weighted by Gasteiger charge is 2.46. The fraction of sp³-hybridized carbons (Fsp3) is 0.267. The lowest BCUT2D eigenvalue weighted by molar-refractivity contribution is -0.140. The van der Waals surface area contributed by atoms with Gasteiger partial charge in [0, 0.05) is 44.8 Å². The molecule has 2 fully saturated rings. The normalized spacial score (nSPS) is 19.5. The predicted octanol–water partition coefficient (Wildman–Crippen LogP) is 3.81. The fourth-order valence-corrected chi connectivity index (χ4v) is 4.92. The quantitative estimate of drug-likeness (QED) is 0.269. The molecule has 2 aliphatic heterocycles. The van der Waals surface area contributed by atoms with E-state index in [0.717, 1.165) is 26.2 Å². The molecular formula is C30H31N3O5. The van der Waals surface area contributed by atoms with Crippen LogP contribution in [-0.4, -0.2) is 73.0 Å². The largest absolute Gasteiger partial charge is 0.507 e. The van der Waals surface area contributed by atoms with Gasteiger partial charge in [-0.25, -0.2) is 0 Å². The maximum absolute atomic E-state index is 13.4. The first kappa shape index (κ1) is 25.5. The number of aliphatic hydroxyl groups is 1. The Morgan fingerprint density at radius 3 is 2.32 bits per heavy atom. The molecule has 0 radical (unpaired) electrons. The summed E-state index contributed by atoms with van der Waals surface area (Å²) in [6, 6.07) is 22.7. The number of hydrogen-bond acceptors (Lipinski definition) is 7. The Balaban J connectivity index is 1.53. The molecule has 8 nitrogen and oxygen atoms in total. The molecular weight excluding hydrogens is 482 g/mol. The molecule has 0 aromatic heterocycles. The van der Waals surface area contributed by atoms with Crippen LogP contribution in [0.3, 0.4) is 0 Å². The van der Waals surface area contributed by atoms with Gasteiger partial charge in [-0.2, -0.15) is 0 Å². The molecule has 2 saturated heterocycles. The molecule has 196 valence electrons. The number of Topliss-reactive ketones (excluding diaryl/α,β-unsaturated/α-hetero) is 1. The van der Waals surface area contributed by atoms with E-state index >= 15 is 0 Å². The minimum absolute atomic E-state index is 0.0670. The second kappa shape index (κ2) is 11.5. The van der Waals surface area contributed by atoms with Gasteiger partial charge >= 0.3 is 0 Å². The molecule has 2 N–H and O–H groups in total. The number of hydrogen-bond donors (Lipinski definition) is 2. The zero-order chi connectivity index (χ0) is 26.5. The number of carbonyl (C=O) groups excluding carboxylic acids is 2. The molecule has 3 aromatic rings. The Morgan fingerprint density at radius 2 is 1.61 bits per heavy atom. The van der Waals surface area contributed by atoms with Gasteiger partial charge in [0.1, 0.15) is 23.0 Å². The van der Waals surface area contributed by atoms with Gasteiger partial charge in [-0.1, -0.05) is 30.3 Å². The number of nitrogens with one attached hydrogen (secondary N) is 1. The molecule has 38 heavy (non-hydrogen) atoms. The SMILES string of the molecule is COc1ccc(C(O)=C2C(=O)C(=O)N(CCN3CCNCC3)C2c2cccc(Oc3ccccc3)c2)cc1. The monoisotopic (exact) mass is 513 g/mol. The average molecular weight is 514 g/mol. The molecule has 5 rings (SSSR count). The number of rotatable bonds is 8. The zero-order valence-corrected chi connectivity index (χ0v) is 21.3.